The molecule has 2 amide bonds. The van der Waals surface area contributed by atoms with E-state index in [-0.39, 0.29) is 25.7 Å². The van der Waals surface area contributed by atoms with Gasteiger partial charge in [0.15, 0.2) is 0 Å². The van der Waals surface area contributed by atoms with Crippen LogP contribution in [0.5, 0.6) is 0 Å². The molecule has 0 saturated carbocycles. The third kappa shape index (κ3) is 7.96. The summed E-state index contributed by atoms with van der Waals surface area (Å²) in [6.07, 6.45) is -5.41. The van der Waals surface area contributed by atoms with Crippen molar-refractivity contribution in [1.29, 1.82) is 0 Å². The van der Waals surface area contributed by atoms with Gasteiger partial charge in [0.05, 0.1) is 5.92 Å². The first-order valence-corrected chi connectivity index (χ1v) is 8.65. The van der Waals surface area contributed by atoms with E-state index in [0.717, 1.165) is 6.92 Å². The van der Waals surface area contributed by atoms with Gasteiger partial charge in [0, 0.05) is 32.1 Å². The minimum Gasteiger partial charge on any atom is -0.444 e. The Kier molecular flexibility index (Phi) is 8.74. The number of halogens is 3. The van der Waals surface area contributed by atoms with Gasteiger partial charge in [0.1, 0.15) is 5.60 Å². The maximum Gasteiger partial charge on any atom is 0.410 e. The molecule has 0 radical (unpaired) electrons. The summed E-state index contributed by atoms with van der Waals surface area (Å²) in [5.41, 5.74) is -0.619. The Bertz CT molecular complexity index is 447. The predicted molar refractivity (Wildman–Crippen MR) is 90.2 cm³/mol. The third-order valence-corrected chi connectivity index (χ3v) is 3.65. The molecular weight excluding hydrogens is 337 g/mol. The molecule has 1 heterocycles. The van der Waals surface area contributed by atoms with Crippen LogP contribution in [-0.4, -0.2) is 59.3 Å². The molecule has 1 aliphatic rings. The van der Waals surface area contributed by atoms with Crippen LogP contribution < -0.4 is 0 Å². The molecule has 5 nitrogen and oxygen atoms in total. The summed E-state index contributed by atoms with van der Waals surface area (Å²) in [6, 6.07) is -0.302. The zero-order valence-corrected chi connectivity index (χ0v) is 16.2. The highest BCUT2D eigenvalue weighted by atomic mass is 19.4. The Balaban J connectivity index is 0.00000277. The summed E-state index contributed by atoms with van der Waals surface area (Å²) in [5.74, 6) is -2.21. The van der Waals surface area contributed by atoms with Gasteiger partial charge in [-0.1, -0.05) is 20.8 Å². The fourth-order valence-corrected chi connectivity index (χ4v) is 2.28. The van der Waals surface area contributed by atoms with Crippen molar-refractivity contribution in [1.82, 2.24) is 9.80 Å². The lowest BCUT2D eigenvalue weighted by atomic mass is 10.1. The van der Waals surface area contributed by atoms with E-state index in [0.29, 0.717) is 0 Å². The summed E-state index contributed by atoms with van der Waals surface area (Å²) in [6.45, 7) is 12.7. The maximum atomic E-state index is 12.5. The average molecular weight is 368 g/mol. The standard InChI is InChI=1S/C15H25F3N2O3.C2H6/c1-10(15(16,17)18)8-12(21)19-6-7-20(11(2)9-19)13(22)23-14(3,4)5;1-2/h10-11H,6-9H2,1-5H3;1-2H3. The van der Waals surface area contributed by atoms with Crippen molar-refractivity contribution in [2.75, 3.05) is 19.6 Å². The molecule has 0 aromatic carbocycles. The van der Waals surface area contributed by atoms with Crippen molar-refractivity contribution in [2.45, 2.75) is 72.7 Å². The first-order chi connectivity index (χ1) is 11.3. The molecule has 0 aliphatic carbocycles. The topological polar surface area (TPSA) is 49.9 Å². The zero-order valence-electron chi connectivity index (χ0n) is 16.2. The lowest BCUT2D eigenvalue weighted by Crippen LogP contribution is -2.56. The van der Waals surface area contributed by atoms with E-state index in [1.54, 1.807) is 27.7 Å². The van der Waals surface area contributed by atoms with E-state index < -0.39 is 36.1 Å². The number of carbonyl (C=O) groups excluding carboxylic acids is 2. The van der Waals surface area contributed by atoms with Crippen LogP contribution in [0.2, 0.25) is 0 Å². The van der Waals surface area contributed by atoms with E-state index in [1.165, 1.54) is 9.80 Å². The van der Waals surface area contributed by atoms with Crippen molar-refractivity contribution in [3.05, 3.63) is 0 Å². The van der Waals surface area contributed by atoms with Crippen LogP contribution in [0, 0.1) is 5.92 Å². The summed E-state index contributed by atoms with van der Waals surface area (Å²) >= 11 is 0. The number of hydrogen-bond acceptors (Lipinski definition) is 3. The lowest BCUT2D eigenvalue weighted by Gasteiger charge is -2.40. The first kappa shape index (κ1) is 23.5. The summed E-state index contributed by atoms with van der Waals surface area (Å²) < 4.78 is 42.9. The number of ether oxygens (including phenoxy) is 1. The number of nitrogens with zero attached hydrogens (tertiary/aromatic N) is 2. The monoisotopic (exact) mass is 368 g/mol. The Morgan fingerprint density at radius 2 is 1.68 bits per heavy atom. The van der Waals surface area contributed by atoms with E-state index in [4.69, 9.17) is 4.74 Å². The van der Waals surface area contributed by atoms with E-state index in [9.17, 15) is 22.8 Å². The third-order valence-electron chi connectivity index (χ3n) is 3.65. The Labute approximate surface area is 148 Å². The second-order valence-electron chi connectivity index (χ2n) is 7.01. The Morgan fingerprint density at radius 1 is 1.16 bits per heavy atom. The molecule has 1 fully saturated rings. The number of rotatable bonds is 2. The summed E-state index contributed by atoms with van der Waals surface area (Å²) in [4.78, 5) is 26.9. The summed E-state index contributed by atoms with van der Waals surface area (Å²) in [5, 5.41) is 0. The molecule has 25 heavy (non-hydrogen) atoms. The van der Waals surface area contributed by atoms with Crippen LogP contribution in [-0.2, 0) is 9.53 Å². The molecule has 148 valence electrons. The van der Waals surface area contributed by atoms with Crippen molar-refractivity contribution in [2.24, 2.45) is 5.92 Å². The van der Waals surface area contributed by atoms with Gasteiger partial charge in [-0.3, -0.25) is 4.79 Å². The van der Waals surface area contributed by atoms with E-state index >= 15 is 0 Å². The molecule has 0 bridgehead atoms. The van der Waals surface area contributed by atoms with Gasteiger partial charge >= 0.3 is 12.3 Å². The molecule has 0 aromatic heterocycles. The molecular formula is C17H31F3N2O3. The minimum atomic E-state index is -4.38. The zero-order chi connectivity index (χ0) is 20.0. The quantitative estimate of drug-likeness (QED) is 0.738. The largest absolute Gasteiger partial charge is 0.444 e. The highest BCUT2D eigenvalue weighted by molar-refractivity contribution is 5.77. The molecule has 0 spiro atoms. The maximum absolute atomic E-state index is 12.5. The van der Waals surface area contributed by atoms with Crippen LogP contribution >= 0.6 is 0 Å². The van der Waals surface area contributed by atoms with Crippen LogP contribution in [0.15, 0.2) is 0 Å². The number of alkyl halides is 3. The average Bonchev–Trinajstić information content (AvgIpc) is 2.46. The van der Waals surface area contributed by atoms with Gasteiger partial charge < -0.3 is 14.5 Å². The fourth-order valence-electron chi connectivity index (χ4n) is 2.28. The normalized spacial score (nSPS) is 19.7. The molecule has 0 aromatic rings. The second kappa shape index (κ2) is 9.29. The van der Waals surface area contributed by atoms with Gasteiger partial charge in [-0.15, -0.1) is 0 Å². The van der Waals surface area contributed by atoms with Crippen molar-refractivity contribution < 1.29 is 27.5 Å². The van der Waals surface area contributed by atoms with Crippen molar-refractivity contribution in [3.63, 3.8) is 0 Å². The lowest BCUT2D eigenvalue weighted by molar-refractivity contribution is -0.177. The highest BCUT2D eigenvalue weighted by Crippen LogP contribution is 2.29. The van der Waals surface area contributed by atoms with Gasteiger partial charge in [0.25, 0.3) is 0 Å². The smallest absolute Gasteiger partial charge is 0.410 e. The van der Waals surface area contributed by atoms with Crippen LogP contribution in [0.25, 0.3) is 0 Å². The van der Waals surface area contributed by atoms with Gasteiger partial charge in [0.2, 0.25) is 5.91 Å². The minimum absolute atomic E-state index is 0.211. The fraction of sp³-hybridized carbons (Fsp3) is 0.882. The van der Waals surface area contributed by atoms with Gasteiger partial charge in [-0.05, 0) is 27.7 Å². The van der Waals surface area contributed by atoms with E-state index in [2.05, 4.69) is 0 Å². The Morgan fingerprint density at radius 3 is 2.08 bits per heavy atom. The molecule has 2 unspecified atom stereocenters. The Hall–Kier alpha value is -1.47. The number of hydrogen-bond donors (Lipinski definition) is 0. The predicted octanol–water partition coefficient (Wildman–Crippen LogP) is 4.07. The summed E-state index contributed by atoms with van der Waals surface area (Å²) in [7, 11) is 0. The number of amides is 2. The van der Waals surface area contributed by atoms with Crippen LogP contribution in [0.1, 0.15) is 54.9 Å². The molecule has 1 saturated heterocycles. The van der Waals surface area contributed by atoms with E-state index in [1.807, 2.05) is 13.8 Å². The molecule has 1 rings (SSSR count). The number of piperazine rings is 1. The molecule has 0 N–H and O–H groups in total. The SMILES string of the molecule is CC.CC1CN(C(=O)CC(C)C(F)(F)F)CCN1C(=O)OC(C)(C)C. The van der Waals surface area contributed by atoms with Crippen molar-refractivity contribution >= 4 is 12.0 Å². The van der Waals surface area contributed by atoms with Crippen LogP contribution in [0.4, 0.5) is 18.0 Å². The second-order valence-corrected chi connectivity index (χ2v) is 7.01. The molecule has 8 heteroatoms. The van der Waals surface area contributed by atoms with Gasteiger partial charge in [-0.2, -0.15) is 13.2 Å². The molecule has 1 aliphatic heterocycles. The molecule has 2 atom stereocenters. The van der Waals surface area contributed by atoms with Crippen molar-refractivity contribution in [3.8, 4) is 0 Å². The highest BCUT2D eigenvalue weighted by Gasteiger charge is 2.39. The first-order valence-electron chi connectivity index (χ1n) is 8.65. The van der Waals surface area contributed by atoms with Crippen LogP contribution in [0.3, 0.4) is 0 Å². The number of carbonyl (C=O) groups is 2. The van der Waals surface area contributed by atoms with Gasteiger partial charge in [-0.25, -0.2) is 4.79 Å².